The molecule has 1 atom stereocenters. The molecule has 0 bridgehead atoms. The second-order valence-corrected chi connectivity index (χ2v) is 14.0. The van der Waals surface area contributed by atoms with Gasteiger partial charge in [-0.3, -0.25) is 4.79 Å². The molecule has 0 unspecified atom stereocenters. The van der Waals surface area contributed by atoms with Crippen molar-refractivity contribution in [3.8, 4) is 11.3 Å². The van der Waals surface area contributed by atoms with Crippen molar-refractivity contribution in [2.24, 2.45) is 11.8 Å². The van der Waals surface area contributed by atoms with E-state index < -0.39 is 21.4 Å². The number of sulfone groups is 1. The van der Waals surface area contributed by atoms with Gasteiger partial charge in [0.25, 0.3) is 0 Å². The Kier molecular flexibility index (Phi) is 8.21. The van der Waals surface area contributed by atoms with Crippen molar-refractivity contribution >= 4 is 33.1 Å². The molecule has 0 amide bonds. The summed E-state index contributed by atoms with van der Waals surface area (Å²) in [5.74, 6) is 1.13. The minimum atomic E-state index is -4.00. The average molecular weight is 565 g/mol. The first-order chi connectivity index (χ1) is 18.7. The summed E-state index contributed by atoms with van der Waals surface area (Å²) in [6, 6.07) is 9.88. The van der Waals surface area contributed by atoms with E-state index >= 15 is 0 Å². The number of hydrogen-bond donors (Lipinski definition) is 1. The van der Waals surface area contributed by atoms with Crippen molar-refractivity contribution in [1.82, 2.24) is 15.0 Å². The molecule has 1 fully saturated rings. The van der Waals surface area contributed by atoms with Crippen molar-refractivity contribution in [2.75, 3.05) is 41.4 Å². The summed E-state index contributed by atoms with van der Waals surface area (Å²) in [5, 5.41) is -0.217. The average Bonchev–Trinajstić information content (AvgIpc) is 3.14. The predicted octanol–water partition coefficient (Wildman–Crippen LogP) is 4.80. The molecule has 0 saturated carbocycles. The Bertz CT molecular complexity index is 1520. The van der Waals surface area contributed by atoms with Gasteiger partial charge in [-0.2, -0.15) is 0 Å². The summed E-state index contributed by atoms with van der Waals surface area (Å²) < 4.78 is 26.1. The molecule has 2 N–H and O–H groups in total. The van der Waals surface area contributed by atoms with Crippen LogP contribution in [0.4, 0.5) is 17.5 Å². The Hall–Kier alpha value is -3.53. The highest BCUT2D eigenvalue weighted by atomic mass is 32.2. The topological polar surface area (TPSA) is 122 Å². The van der Waals surface area contributed by atoms with Crippen molar-refractivity contribution in [3.05, 3.63) is 53.7 Å². The van der Waals surface area contributed by atoms with Crippen LogP contribution in [0.25, 0.3) is 11.3 Å². The summed E-state index contributed by atoms with van der Waals surface area (Å²) in [5.41, 5.74) is 8.25. The summed E-state index contributed by atoms with van der Waals surface area (Å²) in [6.07, 6.45) is 2.73. The number of aryl methyl sites for hydroxylation is 1. The monoisotopic (exact) mass is 564 g/mol. The molecule has 0 aromatic carbocycles. The van der Waals surface area contributed by atoms with E-state index in [0.29, 0.717) is 29.9 Å². The summed E-state index contributed by atoms with van der Waals surface area (Å²) in [7, 11) is -1.96. The Morgan fingerprint density at radius 1 is 1.20 bits per heavy atom. The molecule has 40 heavy (non-hydrogen) atoms. The van der Waals surface area contributed by atoms with Gasteiger partial charge in [-0.05, 0) is 74.9 Å². The lowest BCUT2D eigenvalue weighted by Crippen LogP contribution is -2.40. The minimum absolute atomic E-state index is 0.0818. The van der Waals surface area contributed by atoms with Crippen LogP contribution in [0, 0.1) is 18.8 Å². The number of nitrogens with zero attached hydrogens (tertiary/aromatic N) is 5. The molecular weight excluding hydrogens is 524 g/mol. The first kappa shape index (κ1) is 29.5. The summed E-state index contributed by atoms with van der Waals surface area (Å²) >= 11 is 0. The number of rotatable bonds is 9. The van der Waals surface area contributed by atoms with E-state index in [2.05, 4.69) is 55.5 Å². The van der Waals surface area contributed by atoms with Gasteiger partial charge in [0.15, 0.2) is 10.8 Å². The minimum Gasteiger partial charge on any atom is -0.384 e. The normalized spacial score (nSPS) is 16.9. The van der Waals surface area contributed by atoms with Gasteiger partial charge in [0.05, 0.1) is 11.3 Å². The van der Waals surface area contributed by atoms with Crippen molar-refractivity contribution in [2.45, 2.75) is 58.5 Å². The van der Waals surface area contributed by atoms with Crippen LogP contribution in [-0.2, 0) is 9.84 Å². The number of nitrogens with two attached hydrogens (primary N) is 1. The molecule has 10 heteroatoms. The fraction of sp³-hybridized carbons (Fsp3) is 0.467. The Morgan fingerprint density at radius 3 is 2.52 bits per heavy atom. The largest absolute Gasteiger partial charge is 0.384 e. The first-order valence-corrected chi connectivity index (χ1v) is 15.3. The zero-order valence-corrected chi connectivity index (χ0v) is 25.3. The number of carbonyl (C=O) groups excluding carboxylic acids is 1. The molecule has 4 heterocycles. The molecule has 1 aliphatic heterocycles. The van der Waals surface area contributed by atoms with E-state index in [0.717, 1.165) is 29.9 Å². The molecular formula is C30H40N6O3S. The maximum atomic E-state index is 13.6. The molecule has 3 aromatic heterocycles. The second kappa shape index (κ2) is 11.2. The van der Waals surface area contributed by atoms with E-state index in [1.165, 1.54) is 18.2 Å². The third-order valence-electron chi connectivity index (χ3n) is 7.24. The third-order valence-corrected chi connectivity index (χ3v) is 8.74. The van der Waals surface area contributed by atoms with E-state index in [9.17, 15) is 13.2 Å². The number of pyridine rings is 3. The second-order valence-electron chi connectivity index (χ2n) is 12.0. The molecule has 0 radical (unpaired) electrons. The van der Waals surface area contributed by atoms with Crippen LogP contribution in [-0.4, -0.2) is 60.6 Å². The van der Waals surface area contributed by atoms with Gasteiger partial charge in [-0.15, -0.1) is 0 Å². The van der Waals surface area contributed by atoms with E-state index in [-0.39, 0.29) is 21.9 Å². The van der Waals surface area contributed by atoms with Crippen LogP contribution in [0.5, 0.6) is 0 Å². The molecule has 1 aliphatic rings. The Balaban J connectivity index is 1.75. The van der Waals surface area contributed by atoms with Crippen LogP contribution in [0.15, 0.2) is 47.6 Å². The van der Waals surface area contributed by atoms with Crippen LogP contribution in [0.1, 0.15) is 57.0 Å². The Labute approximate surface area is 237 Å². The molecule has 0 spiro atoms. The number of nitrogen functional groups attached to an aromatic ring is 1. The van der Waals surface area contributed by atoms with Crippen molar-refractivity contribution in [1.29, 1.82) is 0 Å². The zero-order valence-electron chi connectivity index (χ0n) is 24.5. The van der Waals surface area contributed by atoms with Crippen molar-refractivity contribution in [3.63, 3.8) is 0 Å². The van der Waals surface area contributed by atoms with Gasteiger partial charge in [0.1, 0.15) is 23.2 Å². The van der Waals surface area contributed by atoms with Gasteiger partial charge in [0, 0.05) is 37.4 Å². The SMILES string of the molecule is Cc1cc(-c2ccc(C(=O)CS(=O)(=O)c3cccc(N)n3)c(N3C[C@@H](C)CC3(C)C)n2)cnc1N(C)CC(C)C. The predicted molar refractivity (Wildman–Crippen MR) is 161 cm³/mol. The van der Waals surface area contributed by atoms with Crippen LogP contribution in [0.2, 0.25) is 0 Å². The number of Topliss-reactive ketones (excluding diaryl/α,β-unsaturated/α-hetero) is 1. The van der Waals surface area contributed by atoms with Gasteiger partial charge in [-0.1, -0.05) is 26.8 Å². The molecule has 1 saturated heterocycles. The van der Waals surface area contributed by atoms with Gasteiger partial charge in [-0.25, -0.2) is 23.4 Å². The van der Waals surface area contributed by atoms with E-state index in [1.54, 1.807) is 18.3 Å². The first-order valence-electron chi connectivity index (χ1n) is 13.6. The molecule has 0 aliphatic carbocycles. The molecule has 4 rings (SSSR count). The highest BCUT2D eigenvalue weighted by Gasteiger charge is 2.39. The number of ketones is 1. The molecule has 214 valence electrons. The Morgan fingerprint density at radius 2 is 1.93 bits per heavy atom. The lowest BCUT2D eigenvalue weighted by atomic mass is 9.97. The summed E-state index contributed by atoms with van der Waals surface area (Å²) in [6.45, 7) is 14.4. The smallest absolute Gasteiger partial charge is 0.203 e. The number of aromatic nitrogens is 3. The quantitative estimate of drug-likeness (QED) is 0.365. The molecule has 9 nitrogen and oxygen atoms in total. The van der Waals surface area contributed by atoms with E-state index in [1.807, 2.05) is 14.0 Å². The zero-order chi connectivity index (χ0) is 29.4. The fourth-order valence-electron chi connectivity index (χ4n) is 5.66. The van der Waals surface area contributed by atoms with E-state index in [4.69, 9.17) is 15.7 Å². The van der Waals surface area contributed by atoms with Crippen LogP contribution >= 0.6 is 0 Å². The number of anilines is 3. The third kappa shape index (κ3) is 6.27. The van der Waals surface area contributed by atoms with Crippen LogP contribution in [0.3, 0.4) is 0 Å². The van der Waals surface area contributed by atoms with Gasteiger partial charge >= 0.3 is 0 Å². The fourth-order valence-corrected chi connectivity index (χ4v) is 6.84. The molecule has 3 aromatic rings. The standard InChI is InChI=1S/C30H40N6O3S/c1-19(2)16-35(7)28-21(4)13-22(15-32-28)24-12-11-23(29(33-24)36-17-20(3)14-30(36,5)6)25(37)18-40(38,39)27-10-8-9-26(31)34-27/h8-13,15,19-20H,14,16-18H2,1-7H3,(H2,31,34)/t20-/m0/s1. The van der Waals surface area contributed by atoms with Crippen LogP contribution < -0.4 is 15.5 Å². The van der Waals surface area contributed by atoms with Gasteiger partial charge < -0.3 is 15.5 Å². The number of hydrogen-bond acceptors (Lipinski definition) is 9. The lowest BCUT2D eigenvalue weighted by molar-refractivity contribution is 0.102. The lowest BCUT2D eigenvalue weighted by Gasteiger charge is -2.34. The maximum Gasteiger partial charge on any atom is 0.203 e. The maximum absolute atomic E-state index is 13.6. The van der Waals surface area contributed by atoms with Crippen molar-refractivity contribution < 1.29 is 13.2 Å². The summed E-state index contributed by atoms with van der Waals surface area (Å²) in [4.78, 5) is 31.5. The highest BCUT2D eigenvalue weighted by molar-refractivity contribution is 7.92. The van der Waals surface area contributed by atoms with Gasteiger partial charge in [0.2, 0.25) is 9.84 Å². The highest BCUT2D eigenvalue weighted by Crippen LogP contribution is 2.38. The number of carbonyl (C=O) groups is 1.